The molecule has 134 valence electrons. The number of carbonyl (C=O) groups is 1. The van der Waals surface area contributed by atoms with Crippen molar-refractivity contribution in [2.75, 3.05) is 0 Å². The molecule has 0 aromatic carbocycles. The van der Waals surface area contributed by atoms with Crippen LogP contribution < -0.4 is 0 Å². The van der Waals surface area contributed by atoms with Crippen LogP contribution in [0.5, 0.6) is 0 Å². The first-order valence-electron chi connectivity index (χ1n) is 9.23. The van der Waals surface area contributed by atoms with E-state index in [1.54, 1.807) is 0 Å². The Bertz CT molecular complexity index is 548. The van der Waals surface area contributed by atoms with Crippen molar-refractivity contribution in [2.45, 2.75) is 83.2 Å². The summed E-state index contributed by atoms with van der Waals surface area (Å²) in [7, 11) is 0. The molecule has 0 aromatic rings. The van der Waals surface area contributed by atoms with Gasteiger partial charge >= 0.3 is 5.97 Å². The molecular weight excluding hydrogens is 304 g/mol. The Balaban J connectivity index is 1.90. The van der Waals surface area contributed by atoms with Crippen LogP contribution in [0.1, 0.15) is 59.3 Å². The van der Waals surface area contributed by atoms with Crippen molar-refractivity contribution in [3.8, 4) is 0 Å². The third kappa shape index (κ3) is 3.31. The Morgan fingerprint density at radius 3 is 2.88 bits per heavy atom. The molecule has 0 spiro atoms. The lowest BCUT2D eigenvalue weighted by Crippen LogP contribution is -2.54. The van der Waals surface area contributed by atoms with Gasteiger partial charge in [-0.15, -0.1) is 0 Å². The van der Waals surface area contributed by atoms with Gasteiger partial charge in [-0.2, -0.15) is 0 Å². The minimum Gasteiger partial charge on any atom is -0.456 e. The summed E-state index contributed by atoms with van der Waals surface area (Å²) in [5.41, 5.74) is 1.03. The maximum absolute atomic E-state index is 12.0. The number of allylic oxidation sites excluding steroid dienone is 2. The lowest BCUT2D eigenvalue weighted by Gasteiger charge is -2.45. The van der Waals surface area contributed by atoms with Gasteiger partial charge in [0.15, 0.2) is 0 Å². The fourth-order valence-corrected chi connectivity index (χ4v) is 4.36. The van der Waals surface area contributed by atoms with Gasteiger partial charge in [-0.25, -0.2) is 4.79 Å². The van der Waals surface area contributed by atoms with Gasteiger partial charge in [-0.1, -0.05) is 25.2 Å². The summed E-state index contributed by atoms with van der Waals surface area (Å²) in [5, 5.41) is 11.0. The summed E-state index contributed by atoms with van der Waals surface area (Å²) < 4.78 is 11.9. The summed E-state index contributed by atoms with van der Waals surface area (Å²) in [5.74, 6) is -0.0506. The Labute approximate surface area is 144 Å². The van der Waals surface area contributed by atoms with E-state index in [1.807, 2.05) is 6.92 Å². The number of ether oxygens (including phenoxy) is 2. The van der Waals surface area contributed by atoms with Crippen LogP contribution in [0.25, 0.3) is 0 Å². The molecule has 2 fully saturated rings. The summed E-state index contributed by atoms with van der Waals surface area (Å²) in [6.07, 6.45) is 6.87. The normalized spacial score (nSPS) is 46.2. The molecule has 4 nitrogen and oxygen atoms in total. The molecule has 1 N–H and O–H groups in total. The monoisotopic (exact) mass is 334 g/mol. The van der Waals surface area contributed by atoms with Gasteiger partial charge in [-0.05, 0) is 58.3 Å². The van der Waals surface area contributed by atoms with Crippen molar-refractivity contribution in [1.82, 2.24) is 0 Å². The molecule has 0 aliphatic carbocycles. The van der Waals surface area contributed by atoms with E-state index in [4.69, 9.17) is 9.47 Å². The van der Waals surface area contributed by atoms with E-state index < -0.39 is 5.60 Å². The standard InChI is InChI=1S/C20H30O4/c1-12-7-5-9-13(2)17-18-15(14(3)19(21)24-18)11-16(23-17)20(4,22)10-6-8-12/h8,13,15-18,22H,3,5-7,9-11H2,1-2,4H3/b12-8-/t13-,15+,16-,17-,18+,20-/m0/s1. The number of esters is 1. The SMILES string of the molecule is C=C1C(=O)O[C@H]2[C@H]3O[C@@H](C[C@H]12)[C@@](C)(O)CC/C=C(/C)CCC[C@@H]3C. The van der Waals surface area contributed by atoms with Crippen molar-refractivity contribution in [1.29, 1.82) is 0 Å². The fraction of sp³-hybridized carbons (Fsp3) is 0.750. The van der Waals surface area contributed by atoms with Crippen molar-refractivity contribution in [3.63, 3.8) is 0 Å². The lowest BCUT2D eigenvalue weighted by atomic mass is 9.76. The Morgan fingerprint density at radius 1 is 1.38 bits per heavy atom. The highest BCUT2D eigenvalue weighted by Crippen LogP contribution is 2.44. The highest BCUT2D eigenvalue weighted by atomic mass is 16.6. The molecule has 3 aliphatic heterocycles. The van der Waals surface area contributed by atoms with E-state index in [0.717, 1.165) is 25.7 Å². The fourth-order valence-electron chi connectivity index (χ4n) is 4.36. The zero-order chi connectivity index (χ0) is 17.5. The smallest absolute Gasteiger partial charge is 0.334 e. The average Bonchev–Trinajstić information content (AvgIpc) is 2.80. The molecule has 24 heavy (non-hydrogen) atoms. The second-order valence-corrected chi connectivity index (χ2v) is 8.14. The van der Waals surface area contributed by atoms with E-state index in [9.17, 15) is 9.90 Å². The average molecular weight is 334 g/mol. The highest BCUT2D eigenvalue weighted by molar-refractivity contribution is 5.90. The van der Waals surface area contributed by atoms with Crippen LogP contribution in [0, 0.1) is 11.8 Å². The number of carbonyl (C=O) groups excluding carboxylic acids is 1. The number of rotatable bonds is 0. The Kier molecular flexibility index (Phi) is 4.89. The van der Waals surface area contributed by atoms with Gasteiger partial charge in [0.1, 0.15) is 6.10 Å². The van der Waals surface area contributed by atoms with Gasteiger partial charge in [-0.3, -0.25) is 0 Å². The van der Waals surface area contributed by atoms with Crippen LogP contribution in [0.4, 0.5) is 0 Å². The molecule has 2 saturated heterocycles. The van der Waals surface area contributed by atoms with Crippen molar-refractivity contribution in [3.05, 3.63) is 23.8 Å². The summed E-state index contributed by atoms with van der Waals surface area (Å²) in [6, 6.07) is 0. The molecule has 0 saturated carbocycles. The van der Waals surface area contributed by atoms with Crippen LogP contribution in [0.15, 0.2) is 23.8 Å². The van der Waals surface area contributed by atoms with Crippen LogP contribution in [-0.2, 0) is 14.3 Å². The second-order valence-electron chi connectivity index (χ2n) is 8.14. The van der Waals surface area contributed by atoms with Crippen LogP contribution >= 0.6 is 0 Å². The van der Waals surface area contributed by atoms with E-state index in [1.165, 1.54) is 5.57 Å². The van der Waals surface area contributed by atoms with E-state index in [2.05, 4.69) is 26.5 Å². The van der Waals surface area contributed by atoms with Crippen molar-refractivity contribution >= 4 is 5.97 Å². The molecule has 0 amide bonds. The molecular formula is C20H30O4. The predicted molar refractivity (Wildman–Crippen MR) is 92.4 cm³/mol. The largest absolute Gasteiger partial charge is 0.456 e. The quantitative estimate of drug-likeness (QED) is 0.418. The van der Waals surface area contributed by atoms with E-state index in [0.29, 0.717) is 18.4 Å². The van der Waals surface area contributed by atoms with Gasteiger partial charge < -0.3 is 14.6 Å². The second kappa shape index (κ2) is 6.64. The summed E-state index contributed by atoms with van der Waals surface area (Å²) in [6.45, 7) is 10.1. The maximum Gasteiger partial charge on any atom is 0.334 e. The molecule has 3 heterocycles. The topological polar surface area (TPSA) is 55.8 Å². The van der Waals surface area contributed by atoms with Gasteiger partial charge in [0, 0.05) is 11.5 Å². The number of hydrogen-bond donors (Lipinski definition) is 1. The Morgan fingerprint density at radius 2 is 2.12 bits per heavy atom. The predicted octanol–water partition coefficient (Wildman–Crippen LogP) is 3.54. The molecule has 2 bridgehead atoms. The first-order chi connectivity index (χ1) is 11.3. The molecule has 6 atom stereocenters. The number of hydrogen-bond acceptors (Lipinski definition) is 4. The first-order valence-corrected chi connectivity index (χ1v) is 9.23. The minimum atomic E-state index is -0.912. The summed E-state index contributed by atoms with van der Waals surface area (Å²) >= 11 is 0. The van der Waals surface area contributed by atoms with Crippen LogP contribution in [0.3, 0.4) is 0 Å². The minimum absolute atomic E-state index is 0.0320. The van der Waals surface area contributed by atoms with Crippen molar-refractivity contribution < 1.29 is 19.4 Å². The van der Waals surface area contributed by atoms with Gasteiger partial charge in [0.05, 0.1) is 17.8 Å². The third-order valence-electron chi connectivity index (χ3n) is 6.09. The summed E-state index contributed by atoms with van der Waals surface area (Å²) in [4.78, 5) is 12.0. The van der Waals surface area contributed by atoms with Gasteiger partial charge in [0.25, 0.3) is 0 Å². The molecule has 3 aliphatic rings. The number of aliphatic hydroxyl groups is 1. The molecule has 0 aromatic heterocycles. The first kappa shape index (κ1) is 17.7. The number of fused-ring (bicyclic) bond motifs is 4. The van der Waals surface area contributed by atoms with Gasteiger partial charge in [0.2, 0.25) is 0 Å². The van der Waals surface area contributed by atoms with Crippen molar-refractivity contribution in [2.24, 2.45) is 11.8 Å². The zero-order valence-electron chi connectivity index (χ0n) is 15.1. The van der Waals surface area contributed by atoms with Crippen LogP contribution in [0.2, 0.25) is 0 Å². The zero-order valence-corrected chi connectivity index (χ0v) is 15.1. The highest BCUT2D eigenvalue weighted by Gasteiger charge is 2.53. The molecule has 4 heteroatoms. The van der Waals surface area contributed by atoms with E-state index in [-0.39, 0.29) is 36.1 Å². The van der Waals surface area contributed by atoms with E-state index >= 15 is 0 Å². The third-order valence-corrected chi connectivity index (χ3v) is 6.09. The molecule has 0 unspecified atom stereocenters. The Hall–Kier alpha value is -1.13. The maximum atomic E-state index is 12.0. The molecule has 0 radical (unpaired) electrons. The molecule has 3 rings (SSSR count). The van der Waals surface area contributed by atoms with Crippen LogP contribution in [-0.4, -0.2) is 35.0 Å². The lowest BCUT2D eigenvalue weighted by molar-refractivity contribution is -0.208.